The minimum Gasteiger partial charge on any atom is -0.211 e. The van der Waals surface area contributed by atoms with E-state index in [4.69, 9.17) is 0 Å². The molecular weight excluding hydrogens is 326 g/mol. The van der Waals surface area contributed by atoms with E-state index in [0.717, 1.165) is 12.1 Å². The second kappa shape index (κ2) is 5.66. The van der Waals surface area contributed by atoms with Gasteiger partial charge in [0.2, 0.25) is 10.0 Å². The molecule has 0 saturated carbocycles. The normalized spacial score (nSPS) is 13.4. The number of halogens is 4. The van der Waals surface area contributed by atoms with Crippen LogP contribution in [0.1, 0.15) is 6.42 Å². The van der Waals surface area contributed by atoms with Crippen molar-refractivity contribution in [3.8, 4) is 0 Å². The van der Waals surface area contributed by atoms with Crippen LogP contribution in [0.5, 0.6) is 0 Å². The van der Waals surface area contributed by atoms with Gasteiger partial charge in [-0.1, -0.05) is 0 Å². The molecule has 0 aliphatic heterocycles. The van der Waals surface area contributed by atoms with Gasteiger partial charge in [-0.05, 0) is 24.3 Å². The van der Waals surface area contributed by atoms with Crippen LogP contribution < -0.4 is 4.72 Å². The summed E-state index contributed by atoms with van der Waals surface area (Å²) in [5.41, 5.74) is 0. The van der Waals surface area contributed by atoms with Crippen LogP contribution in [0.2, 0.25) is 0 Å². The Morgan fingerprint density at radius 1 is 0.950 bits per heavy atom. The van der Waals surface area contributed by atoms with Gasteiger partial charge in [0, 0.05) is 6.54 Å². The van der Waals surface area contributed by atoms with E-state index >= 15 is 0 Å². The molecule has 0 bridgehead atoms. The van der Waals surface area contributed by atoms with E-state index in [1.54, 1.807) is 4.72 Å². The number of rotatable bonds is 5. The highest BCUT2D eigenvalue weighted by Gasteiger charge is 2.27. The Balaban J connectivity index is 2.84. The van der Waals surface area contributed by atoms with Gasteiger partial charge in [0.05, 0.1) is 16.2 Å². The third-order valence-electron chi connectivity index (χ3n) is 2.12. The fourth-order valence-electron chi connectivity index (χ4n) is 1.19. The van der Waals surface area contributed by atoms with Gasteiger partial charge in [-0.25, -0.2) is 13.1 Å². The molecule has 20 heavy (non-hydrogen) atoms. The summed E-state index contributed by atoms with van der Waals surface area (Å²) in [6, 6.07) is 2.96. The Morgan fingerprint density at radius 2 is 1.40 bits per heavy atom. The summed E-state index contributed by atoms with van der Waals surface area (Å²) in [5.74, 6) is 0. The van der Waals surface area contributed by atoms with Crippen molar-refractivity contribution in [2.45, 2.75) is 22.4 Å². The molecule has 1 aromatic carbocycles. The maximum absolute atomic E-state index is 12.6. The lowest BCUT2D eigenvalue weighted by Crippen LogP contribution is -2.28. The van der Waals surface area contributed by atoms with Gasteiger partial charge in [-0.2, -0.15) is 21.6 Å². The van der Waals surface area contributed by atoms with E-state index in [2.05, 4.69) is 0 Å². The Kier molecular flexibility index (Phi) is 4.77. The van der Waals surface area contributed by atoms with Crippen LogP contribution in [0.3, 0.4) is 0 Å². The molecule has 0 fully saturated rings. The number of benzene rings is 1. The first-order valence-corrected chi connectivity index (χ1v) is 7.90. The molecule has 0 atom stereocenters. The van der Waals surface area contributed by atoms with E-state index < -0.39 is 49.2 Å². The highest BCUT2D eigenvalue weighted by molar-refractivity contribution is 7.89. The van der Waals surface area contributed by atoms with Gasteiger partial charge in [-0.3, -0.25) is 0 Å². The average molecular weight is 335 g/mol. The third kappa shape index (κ3) is 5.06. The quantitative estimate of drug-likeness (QED) is 0.654. The van der Waals surface area contributed by atoms with Crippen molar-refractivity contribution in [2.75, 3.05) is 6.54 Å². The van der Waals surface area contributed by atoms with Gasteiger partial charge >= 0.3 is 16.4 Å². The summed E-state index contributed by atoms with van der Waals surface area (Å²) in [4.78, 5) is -1.21. The minimum absolute atomic E-state index is 0.466. The van der Waals surface area contributed by atoms with Crippen LogP contribution in [-0.4, -0.2) is 29.6 Å². The summed E-state index contributed by atoms with van der Waals surface area (Å²) < 4.78 is 94.0. The van der Waals surface area contributed by atoms with Crippen LogP contribution in [-0.2, 0) is 20.2 Å². The molecule has 1 rings (SSSR count). The zero-order chi connectivity index (χ0) is 15.6. The lowest BCUT2D eigenvalue weighted by molar-refractivity contribution is -0.132. The maximum atomic E-state index is 12.6. The Bertz CT molecular complexity index is 665. The monoisotopic (exact) mass is 335 g/mol. The summed E-state index contributed by atoms with van der Waals surface area (Å²) in [6.07, 6.45) is -5.85. The van der Waals surface area contributed by atoms with Crippen LogP contribution >= 0.6 is 0 Å². The molecule has 11 heteroatoms. The second-order valence-corrected chi connectivity index (χ2v) is 6.79. The highest BCUT2D eigenvalue weighted by atomic mass is 32.3. The molecule has 0 saturated heterocycles. The maximum Gasteiger partial charge on any atom is 0.390 e. The standard InChI is InChI=1S/C9H9F4NO4S2/c10-9(11,12)5-6-14-20(17,18)8-3-1-7(2-4-8)19(13,15)16/h1-4,14H,5-6H2. The lowest BCUT2D eigenvalue weighted by Gasteiger charge is -2.08. The highest BCUT2D eigenvalue weighted by Crippen LogP contribution is 2.19. The number of hydrogen-bond acceptors (Lipinski definition) is 4. The first-order chi connectivity index (χ1) is 8.92. The summed E-state index contributed by atoms with van der Waals surface area (Å²) >= 11 is 0. The summed E-state index contributed by atoms with van der Waals surface area (Å²) in [5, 5.41) is 0. The van der Waals surface area contributed by atoms with Crippen molar-refractivity contribution in [3.63, 3.8) is 0 Å². The Morgan fingerprint density at radius 3 is 1.80 bits per heavy atom. The summed E-state index contributed by atoms with van der Waals surface area (Å²) in [7, 11) is -9.18. The molecule has 0 radical (unpaired) electrons. The first-order valence-electron chi connectivity index (χ1n) is 5.03. The number of nitrogens with one attached hydrogen (secondary N) is 1. The van der Waals surface area contributed by atoms with Gasteiger partial charge in [0.15, 0.2) is 0 Å². The molecule has 1 N–H and O–H groups in total. The molecule has 5 nitrogen and oxygen atoms in total. The second-order valence-electron chi connectivity index (χ2n) is 3.67. The molecule has 1 aromatic rings. The predicted octanol–water partition coefficient (Wildman–Crippen LogP) is 1.58. The van der Waals surface area contributed by atoms with Crippen molar-refractivity contribution in [2.24, 2.45) is 0 Å². The zero-order valence-corrected chi connectivity index (χ0v) is 11.3. The van der Waals surface area contributed by atoms with Crippen molar-refractivity contribution in [3.05, 3.63) is 24.3 Å². The van der Waals surface area contributed by atoms with Crippen molar-refractivity contribution >= 4 is 20.2 Å². The SMILES string of the molecule is O=S(=O)(F)c1ccc(S(=O)(=O)NCCC(F)(F)F)cc1. The van der Waals surface area contributed by atoms with E-state index in [-0.39, 0.29) is 0 Å². The molecule has 114 valence electrons. The Labute approximate surface area is 112 Å². The molecule has 0 unspecified atom stereocenters. The van der Waals surface area contributed by atoms with E-state index in [0.29, 0.717) is 12.1 Å². The number of sulfonamides is 1. The molecule has 0 aliphatic rings. The van der Waals surface area contributed by atoms with Crippen molar-refractivity contribution in [1.82, 2.24) is 4.72 Å². The predicted molar refractivity (Wildman–Crippen MR) is 60.6 cm³/mol. The minimum atomic E-state index is -4.97. The van der Waals surface area contributed by atoms with Gasteiger partial charge < -0.3 is 0 Å². The molecule has 0 aromatic heterocycles. The van der Waals surface area contributed by atoms with Gasteiger partial charge in [0.1, 0.15) is 0 Å². The Hall–Kier alpha value is -1.20. The molecule has 0 amide bonds. The number of alkyl halides is 3. The fraction of sp³-hybridized carbons (Fsp3) is 0.333. The zero-order valence-electron chi connectivity index (χ0n) is 9.68. The fourth-order valence-corrected chi connectivity index (χ4v) is 2.68. The number of hydrogen-bond donors (Lipinski definition) is 1. The lowest BCUT2D eigenvalue weighted by atomic mass is 10.4. The smallest absolute Gasteiger partial charge is 0.211 e. The average Bonchev–Trinajstić information content (AvgIpc) is 2.26. The van der Waals surface area contributed by atoms with Crippen LogP contribution in [0.4, 0.5) is 17.1 Å². The van der Waals surface area contributed by atoms with Gasteiger partial charge in [-0.15, -0.1) is 3.89 Å². The van der Waals surface area contributed by atoms with Crippen molar-refractivity contribution < 1.29 is 33.9 Å². The van der Waals surface area contributed by atoms with Crippen molar-refractivity contribution in [1.29, 1.82) is 0 Å². The molecule has 0 heterocycles. The molecule has 0 aliphatic carbocycles. The van der Waals surface area contributed by atoms with E-state index in [1.165, 1.54) is 0 Å². The topological polar surface area (TPSA) is 80.3 Å². The van der Waals surface area contributed by atoms with E-state index in [9.17, 15) is 33.9 Å². The molecule has 0 spiro atoms. The summed E-state index contributed by atoms with van der Waals surface area (Å²) in [6.45, 7) is -0.852. The van der Waals surface area contributed by atoms with Crippen LogP contribution in [0.25, 0.3) is 0 Å². The third-order valence-corrected chi connectivity index (χ3v) is 4.43. The molecular formula is C9H9F4NO4S2. The van der Waals surface area contributed by atoms with E-state index in [1.807, 2.05) is 0 Å². The first kappa shape index (κ1) is 16.9. The largest absolute Gasteiger partial charge is 0.390 e. The van der Waals surface area contributed by atoms with Gasteiger partial charge in [0.25, 0.3) is 0 Å². The van der Waals surface area contributed by atoms with Crippen LogP contribution in [0.15, 0.2) is 34.1 Å². The van der Waals surface area contributed by atoms with Crippen LogP contribution in [0, 0.1) is 0 Å².